The van der Waals surface area contributed by atoms with E-state index in [2.05, 4.69) is 26.1 Å². The molecule has 0 bridgehead atoms. The fourth-order valence-corrected chi connectivity index (χ4v) is 2.60. The van der Waals surface area contributed by atoms with E-state index in [4.69, 9.17) is 0 Å². The van der Waals surface area contributed by atoms with Gasteiger partial charge in [0.2, 0.25) is 5.91 Å². The summed E-state index contributed by atoms with van der Waals surface area (Å²) in [6, 6.07) is 10.3. The fraction of sp³-hybridized carbons (Fsp3) is 0.350. The van der Waals surface area contributed by atoms with Crippen LogP contribution in [0.2, 0.25) is 0 Å². The summed E-state index contributed by atoms with van der Waals surface area (Å²) in [5, 5.41) is 22.3. The molecular weight excluding hydrogens is 302 g/mol. The van der Waals surface area contributed by atoms with E-state index < -0.39 is 0 Å². The minimum absolute atomic E-state index is 0.0799. The molecular formula is C20H25NO3. The van der Waals surface area contributed by atoms with Gasteiger partial charge in [-0.05, 0) is 59.7 Å². The molecule has 0 unspecified atom stereocenters. The van der Waals surface area contributed by atoms with E-state index in [1.54, 1.807) is 12.1 Å². The fourth-order valence-electron chi connectivity index (χ4n) is 2.60. The molecule has 1 amide bonds. The molecule has 0 aliphatic carbocycles. The van der Waals surface area contributed by atoms with Crippen molar-refractivity contribution in [1.29, 1.82) is 0 Å². The summed E-state index contributed by atoms with van der Waals surface area (Å²) in [7, 11) is 0. The van der Waals surface area contributed by atoms with E-state index in [9.17, 15) is 15.0 Å². The van der Waals surface area contributed by atoms with Crippen LogP contribution < -0.4 is 5.32 Å². The van der Waals surface area contributed by atoms with Crippen molar-refractivity contribution in [2.75, 3.05) is 5.32 Å². The smallest absolute Gasteiger partial charge is 0.224 e. The maximum absolute atomic E-state index is 12.1. The number of aromatic hydroxyl groups is 2. The number of carbonyl (C=O) groups is 1. The molecule has 0 saturated carbocycles. The number of anilines is 1. The van der Waals surface area contributed by atoms with Crippen LogP contribution in [0.1, 0.15) is 43.9 Å². The van der Waals surface area contributed by atoms with E-state index >= 15 is 0 Å². The molecule has 0 aromatic heterocycles. The van der Waals surface area contributed by atoms with Crippen molar-refractivity contribution in [3.63, 3.8) is 0 Å². The molecule has 2 aromatic rings. The largest absolute Gasteiger partial charge is 0.508 e. The quantitative estimate of drug-likeness (QED) is 0.734. The Bertz CT molecular complexity index is 728. The Kier molecular flexibility index (Phi) is 5.17. The first kappa shape index (κ1) is 17.9. The van der Waals surface area contributed by atoms with Crippen molar-refractivity contribution in [3.8, 4) is 11.5 Å². The number of phenolic OH excluding ortho intramolecular Hbond substituents is 2. The topological polar surface area (TPSA) is 69.6 Å². The zero-order valence-corrected chi connectivity index (χ0v) is 14.7. The SMILES string of the molecule is Cc1cc(CCC(=O)Nc2ccc(O)cc2)cc(C(C)(C)C)c1O. The molecule has 2 aromatic carbocycles. The van der Waals surface area contributed by atoms with Gasteiger partial charge in [-0.3, -0.25) is 4.79 Å². The summed E-state index contributed by atoms with van der Waals surface area (Å²) in [6.07, 6.45) is 0.961. The third-order valence-corrected chi connectivity index (χ3v) is 3.96. The normalized spacial score (nSPS) is 11.3. The zero-order chi connectivity index (χ0) is 17.9. The van der Waals surface area contributed by atoms with Crippen LogP contribution in [-0.4, -0.2) is 16.1 Å². The Morgan fingerprint density at radius 2 is 1.71 bits per heavy atom. The van der Waals surface area contributed by atoms with Crippen molar-refractivity contribution in [1.82, 2.24) is 0 Å². The second kappa shape index (κ2) is 6.95. The highest BCUT2D eigenvalue weighted by Crippen LogP contribution is 2.34. The molecule has 128 valence electrons. The van der Waals surface area contributed by atoms with Crippen molar-refractivity contribution in [2.24, 2.45) is 0 Å². The molecule has 3 N–H and O–H groups in total. The van der Waals surface area contributed by atoms with E-state index in [1.807, 2.05) is 19.1 Å². The Hall–Kier alpha value is -2.49. The average Bonchev–Trinajstić information content (AvgIpc) is 2.49. The minimum Gasteiger partial charge on any atom is -0.508 e. The molecule has 0 atom stereocenters. The average molecular weight is 327 g/mol. The van der Waals surface area contributed by atoms with E-state index in [1.165, 1.54) is 12.1 Å². The summed E-state index contributed by atoms with van der Waals surface area (Å²) in [5.74, 6) is 0.422. The predicted octanol–water partition coefficient (Wildman–Crippen LogP) is 4.28. The van der Waals surface area contributed by atoms with Gasteiger partial charge in [0.05, 0.1) is 0 Å². The Morgan fingerprint density at radius 3 is 2.29 bits per heavy atom. The van der Waals surface area contributed by atoms with Gasteiger partial charge in [-0.15, -0.1) is 0 Å². The number of rotatable bonds is 4. The number of aryl methyl sites for hydroxylation is 2. The summed E-state index contributed by atoms with van der Waals surface area (Å²) >= 11 is 0. The highest BCUT2D eigenvalue weighted by Gasteiger charge is 2.20. The van der Waals surface area contributed by atoms with Gasteiger partial charge in [-0.25, -0.2) is 0 Å². The number of hydrogen-bond acceptors (Lipinski definition) is 3. The maximum Gasteiger partial charge on any atom is 0.224 e. The van der Waals surface area contributed by atoms with Crippen molar-refractivity contribution in [3.05, 3.63) is 53.1 Å². The number of carbonyl (C=O) groups excluding carboxylic acids is 1. The molecule has 0 radical (unpaired) electrons. The molecule has 4 heteroatoms. The molecule has 0 saturated heterocycles. The maximum atomic E-state index is 12.1. The standard InChI is InChI=1S/C20H25NO3/c1-13-11-14(12-17(19(13)24)20(2,3)4)5-10-18(23)21-15-6-8-16(22)9-7-15/h6-9,11-12,22,24H,5,10H2,1-4H3,(H,21,23). The highest BCUT2D eigenvalue weighted by molar-refractivity contribution is 5.90. The zero-order valence-electron chi connectivity index (χ0n) is 14.7. The number of amides is 1. The van der Waals surface area contributed by atoms with Crippen LogP contribution in [0.25, 0.3) is 0 Å². The molecule has 0 aliphatic rings. The molecule has 0 heterocycles. The summed E-state index contributed by atoms with van der Waals surface area (Å²) in [5.41, 5.74) is 3.28. The lowest BCUT2D eigenvalue weighted by atomic mass is 9.83. The predicted molar refractivity (Wildman–Crippen MR) is 96.6 cm³/mol. The van der Waals surface area contributed by atoms with E-state index in [0.717, 1.165) is 16.7 Å². The lowest BCUT2D eigenvalue weighted by Crippen LogP contribution is -2.14. The van der Waals surface area contributed by atoms with Crippen molar-refractivity contribution in [2.45, 2.75) is 46.0 Å². The third kappa shape index (κ3) is 4.51. The molecule has 2 rings (SSSR count). The highest BCUT2D eigenvalue weighted by atomic mass is 16.3. The number of benzene rings is 2. The second-order valence-electron chi connectivity index (χ2n) is 7.15. The van der Waals surface area contributed by atoms with Crippen LogP contribution in [0.4, 0.5) is 5.69 Å². The van der Waals surface area contributed by atoms with Gasteiger partial charge < -0.3 is 15.5 Å². The third-order valence-electron chi connectivity index (χ3n) is 3.96. The van der Waals surface area contributed by atoms with Gasteiger partial charge in [-0.2, -0.15) is 0 Å². The van der Waals surface area contributed by atoms with Gasteiger partial charge in [0.1, 0.15) is 11.5 Å². The Labute approximate surface area is 143 Å². The molecule has 4 nitrogen and oxygen atoms in total. The van der Waals surface area contributed by atoms with Crippen LogP contribution in [0.3, 0.4) is 0 Å². The van der Waals surface area contributed by atoms with Gasteiger partial charge in [-0.1, -0.05) is 32.9 Å². The summed E-state index contributed by atoms with van der Waals surface area (Å²) in [4.78, 5) is 12.1. The Balaban J connectivity index is 2.05. The van der Waals surface area contributed by atoms with Crippen LogP contribution >= 0.6 is 0 Å². The Morgan fingerprint density at radius 1 is 1.08 bits per heavy atom. The van der Waals surface area contributed by atoms with Crippen LogP contribution in [0, 0.1) is 6.92 Å². The van der Waals surface area contributed by atoms with Gasteiger partial charge in [0.25, 0.3) is 0 Å². The molecule has 24 heavy (non-hydrogen) atoms. The van der Waals surface area contributed by atoms with E-state index in [-0.39, 0.29) is 17.1 Å². The number of hydrogen-bond donors (Lipinski definition) is 3. The molecule has 0 spiro atoms. The van der Waals surface area contributed by atoms with E-state index in [0.29, 0.717) is 24.3 Å². The second-order valence-corrected chi connectivity index (χ2v) is 7.15. The first-order valence-corrected chi connectivity index (χ1v) is 8.08. The number of phenols is 2. The van der Waals surface area contributed by atoms with Crippen LogP contribution in [0.15, 0.2) is 36.4 Å². The molecule has 0 aliphatic heterocycles. The minimum atomic E-state index is -0.154. The van der Waals surface area contributed by atoms with Crippen molar-refractivity contribution < 1.29 is 15.0 Å². The lowest BCUT2D eigenvalue weighted by Gasteiger charge is -2.22. The van der Waals surface area contributed by atoms with Crippen LogP contribution in [0.5, 0.6) is 11.5 Å². The van der Waals surface area contributed by atoms with Gasteiger partial charge in [0.15, 0.2) is 0 Å². The summed E-state index contributed by atoms with van der Waals surface area (Å²) in [6.45, 7) is 8.05. The first-order valence-electron chi connectivity index (χ1n) is 8.08. The van der Waals surface area contributed by atoms with Gasteiger partial charge in [0, 0.05) is 12.1 Å². The lowest BCUT2D eigenvalue weighted by molar-refractivity contribution is -0.116. The first-order chi connectivity index (χ1) is 11.2. The molecule has 0 fully saturated rings. The van der Waals surface area contributed by atoms with Crippen LogP contribution in [-0.2, 0) is 16.6 Å². The van der Waals surface area contributed by atoms with Crippen molar-refractivity contribution >= 4 is 11.6 Å². The summed E-state index contributed by atoms with van der Waals surface area (Å²) < 4.78 is 0. The monoisotopic (exact) mass is 327 g/mol. The number of nitrogens with one attached hydrogen (secondary N) is 1. The van der Waals surface area contributed by atoms with Gasteiger partial charge >= 0.3 is 0 Å².